The molecule has 0 aromatic heterocycles. The van der Waals surface area contributed by atoms with Crippen LogP contribution in [0.1, 0.15) is 5.56 Å². The van der Waals surface area contributed by atoms with E-state index in [4.69, 9.17) is 16.3 Å². The fraction of sp³-hybridized carbons (Fsp3) is 0.308. The monoisotopic (exact) mass is 266 g/mol. The highest BCUT2D eigenvalue weighted by molar-refractivity contribution is 6.30. The molecule has 96 valence electrons. The summed E-state index contributed by atoms with van der Waals surface area (Å²) in [5.74, 6) is 0. The van der Waals surface area contributed by atoms with Gasteiger partial charge in [0.05, 0.1) is 13.2 Å². The minimum absolute atomic E-state index is 0.0940. The molecule has 1 aromatic rings. The Morgan fingerprint density at radius 3 is 2.61 bits per heavy atom. The standard InChI is InChI=1S/C13H15ClN2O2/c14-12-3-1-11(2-4-12)5-6-15-13(17)16-7-9-18-10-8-16/h1-6H,7-10H2,(H,15,17)/b6-5+. The molecular weight excluding hydrogens is 252 g/mol. The predicted octanol–water partition coefficient (Wildman–Crippen LogP) is 2.35. The van der Waals surface area contributed by atoms with E-state index in [2.05, 4.69) is 5.32 Å². The second-order valence-electron chi connectivity index (χ2n) is 3.93. The van der Waals surface area contributed by atoms with Crippen molar-refractivity contribution in [3.05, 3.63) is 41.1 Å². The number of carbonyl (C=O) groups is 1. The first kappa shape index (κ1) is 12.9. The Kier molecular flexibility index (Phi) is 4.61. The fourth-order valence-electron chi connectivity index (χ4n) is 1.64. The molecule has 4 nitrogen and oxygen atoms in total. The lowest BCUT2D eigenvalue weighted by Gasteiger charge is -2.26. The minimum atomic E-state index is -0.0940. The van der Waals surface area contributed by atoms with Crippen molar-refractivity contribution in [3.8, 4) is 0 Å². The van der Waals surface area contributed by atoms with Crippen LogP contribution in [-0.2, 0) is 4.74 Å². The third-order valence-electron chi connectivity index (χ3n) is 2.65. The lowest BCUT2D eigenvalue weighted by atomic mass is 10.2. The molecule has 0 aliphatic carbocycles. The van der Waals surface area contributed by atoms with Crippen LogP contribution in [0.25, 0.3) is 6.08 Å². The number of halogens is 1. The molecule has 1 aliphatic rings. The van der Waals surface area contributed by atoms with Crippen LogP contribution in [0.3, 0.4) is 0 Å². The molecular formula is C13H15ClN2O2. The van der Waals surface area contributed by atoms with Crippen LogP contribution in [0.4, 0.5) is 4.79 Å². The molecule has 2 rings (SSSR count). The third-order valence-corrected chi connectivity index (χ3v) is 2.90. The molecule has 0 unspecified atom stereocenters. The molecule has 2 amide bonds. The van der Waals surface area contributed by atoms with E-state index >= 15 is 0 Å². The normalized spacial score (nSPS) is 15.9. The van der Waals surface area contributed by atoms with Crippen LogP contribution >= 0.6 is 11.6 Å². The van der Waals surface area contributed by atoms with Gasteiger partial charge in [-0.1, -0.05) is 23.7 Å². The second kappa shape index (κ2) is 6.42. The number of carbonyl (C=O) groups excluding carboxylic acids is 1. The van der Waals surface area contributed by atoms with Gasteiger partial charge in [-0.05, 0) is 23.8 Å². The Bertz CT molecular complexity index is 425. The van der Waals surface area contributed by atoms with Crippen molar-refractivity contribution in [1.82, 2.24) is 10.2 Å². The van der Waals surface area contributed by atoms with Crippen LogP contribution in [0.15, 0.2) is 30.5 Å². The second-order valence-corrected chi connectivity index (χ2v) is 4.37. The SMILES string of the molecule is O=C(N/C=C/c1ccc(Cl)cc1)N1CCOCC1. The molecule has 0 radical (unpaired) electrons. The van der Waals surface area contributed by atoms with E-state index in [-0.39, 0.29) is 6.03 Å². The van der Waals surface area contributed by atoms with Gasteiger partial charge in [-0.3, -0.25) is 0 Å². The first-order chi connectivity index (χ1) is 8.75. The summed E-state index contributed by atoms with van der Waals surface area (Å²) in [7, 11) is 0. The van der Waals surface area contributed by atoms with Crippen LogP contribution in [-0.4, -0.2) is 37.2 Å². The molecule has 1 aliphatic heterocycles. The van der Waals surface area contributed by atoms with Gasteiger partial charge in [0.15, 0.2) is 0 Å². The maximum Gasteiger partial charge on any atom is 0.321 e. The van der Waals surface area contributed by atoms with Crippen LogP contribution in [0, 0.1) is 0 Å². The summed E-state index contributed by atoms with van der Waals surface area (Å²) in [6.45, 7) is 2.49. The molecule has 0 bridgehead atoms. The van der Waals surface area contributed by atoms with E-state index in [1.807, 2.05) is 30.3 Å². The highest BCUT2D eigenvalue weighted by Crippen LogP contribution is 2.10. The molecule has 0 atom stereocenters. The van der Waals surface area contributed by atoms with Gasteiger partial charge in [0, 0.05) is 24.3 Å². The first-order valence-corrected chi connectivity index (χ1v) is 6.19. The molecule has 5 heteroatoms. The summed E-state index contributed by atoms with van der Waals surface area (Å²) >= 11 is 5.79. The number of nitrogens with zero attached hydrogens (tertiary/aromatic N) is 1. The Morgan fingerprint density at radius 2 is 1.94 bits per heavy atom. The zero-order chi connectivity index (χ0) is 12.8. The van der Waals surface area contributed by atoms with Gasteiger partial charge in [-0.25, -0.2) is 4.79 Å². The number of ether oxygens (including phenoxy) is 1. The molecule has 0 saturated carbocycles. The number of morpholine rings is 1. The Labute approximate surface area is 111 Å². The number of benzene rings is 1. The Balaban J connectivity index is 1.83. The molecule has 1 N–H and O–H groups in total. The van der Waals surface area contributed by atoms with Gasteiger partial charge in [0.25, 0.3) is 0 Å². The summed E-state index contributed by atoms with van der Waals surface area (Å²) in [6, 6.07) is 7.30. The summed E-state index contributed by atoms with van der Waals surface area (Å²) in [5.41, 5.74) is 0.988. The number of nitrogens with one attached hydrogen (secondary N) is 1. The van der Waals surface area contributed by atoms with Crippen molar-refractivity contribution < 1.29 is 9.53 Å². The van der Waals surface area contributed by atoms with Crippen molar-refractivity contribution >= 4 is 23.7 Å². The van der Waals surface area contributed by atoms with E-state index in [1.165, 1.54) is 0 Å². The topological polar surface area (TPSA) is 41.6 Å². The molecule has 1 fully saturated rings. The van der Waals surface area contributed by atoms with Crippen molar-refractivity contribution in [1.29, 1.82) is 0 Å². The van der Waals surface area contributed by atoms with E-state index in [1.54, 1.807) is 11.1 Å². The van der Waals surface area contributed by atoms with Crippen molar-refractivity contribution in [2.24, 2.45) is 0 Å². The van der Waals surface area contributed by atoms with E-state index < -0.39 is 0 Å². The average Bonchev–Trinajstić information content (AvgIpc) is 2.42. The fourth-order valence-corrected chi connectivity index (χ4v) is 1.77. The minimum Gasteiger partial charge on any atom is -0.378 e. The summed E-state index contributed by atoms with van der Waals surface area (Å²) in [4.78, 5) is 13.5. The van der Waals surface area contributed by atoms with Crippen LogP contribution in [0.5, 0.6) is 0 Å². The highest BCUT2D eigenvalue weighted by Gasteiger charge is 2.14. The van der Waals surface area contributed by atoms with Crippen molar-refractivity contribution in [3.63, 3.8) is 0 Å². The predicted molar refractivity (Wildman–Crippen MR) is 71.4 cm³/mol. The quantitative estimate of drug-likeness (QED) is 0.893. The molecule has 1 heterocycles. The number of urea groups is 1. The zero-order valence-electron chi connectivity index (χ0n) is 9.93. The van der Waals surface area contributed by atoms with Gasteiger partial charge in [-0.2, -0.15) is 0 Å². The Morgan fingerprint density at radius 1 is 1.28 bits per heavy atom. The van der Waals surface area contributed by atoms with Gasteiger partial charge in [0.1, 0.15) is 0 Å². The largest absolute Gasteiger partial charge is 0.378 e. The summed E-state index contributed by atoms with van der Waals surface area (Å²) in [5, 5.41) is 3.43. The van der Waals surface area contributed by atoms with Crippen LogP contribution in [0.2, 0.25) is 5.02 Å². The van der Waals surface area contributed by atoms with Gasteiger partial charge in [-0.15, -0.1) is 0 Å². The average molecular weight is 267 g/mol. The lowest BCUT2D eigenvalue weighted by Crippen LogP contribution is -2.44. The van der Waals surface area contributed by atoms with E-state index in [0.717, 1.165) is 5.56 Å². The Hall–Kier alpha value is -1.52. The van der Waals surface area contributed by atoms with Gasteiger partial charge >= 0.3 is 6.03 Å². The number of hydrogen-bond donors (Lipinski definition) is 1. The van der Waals surface area contributed by atoms with Crippen molar-refractivity contribution in [2.45, 2.75) is 0 Å². The van der Waals surface area contributed by atoms with Crippen molar-refractivity contribution in [2.75, 3.05) is 26.3 Å². The highest BCUT2D eigenvalue weighted by atomic mass is 35.5. The maximum absolute atomic E-state index is 11.7. The first-order valence-electron chi connectivity index (χ1n) is 5.81. The molecule has 1 saturated heterocycles. The molecule has 1 aromatic carbocycles. The van der Waals surface area contributed by atoms with E-state index in [9.17, 15) is 4.79 Å². The lowest BCUT2D eigenvalue weighted by molar-refractivity contribution is 0.0540. The zero-order valence-corrected chi connectivity index (χ0v) is 10.7. The van der Waals surface area contributed by atoms with Gasteiger partial charge < -0.3 is 15.0 Å². The maximum atomic E-state index is 11.7. The van der Waals surface area contributed by atoms with Crippen LogP contribution < -0.4 is 5.32 Å². The summed E-state index contributed by atoms with van der Waals surface area (Å²) in [6.07, 6.45) is 3.47. The summed E-state index contributed by atoms with van der Waals surface area (Å²) < 4.78 is 5.18. The number of rotatable bonds is 2. The third kappa shape index (κ3) is 3.75. The molecule has 0 spiro atoms. The number of hydrogen-bond acceptors (Lipinski definition) is 2. The smallest absolute Gasteiger partial charge is 0.321 e. The molecule has 18 heavy (non-hydrogen) atoms. The number of amides is 2. The van der Waals surface area contributed by atoms with E-state index in [0.29, 0.717) is 31.3 Å². The van der Waals surface area contributed by atoms with Gasteiger partial charge in [0.2, 0.25) is 0 Å².